The molecule has 1 aliphatic rings. The van der Waals surface area contributed by atoms with Crippen molar-refractivity contribution in [3.63, 3.8) is 0 Å². The van der Waals surface area contributed by atoms with E-state index in [1.165, 1.54) is 0 Å². The van der Waals surface area contributed by atoms with Crippen LogP contribution in [0.3, 0.4) is 0 Å². The van der Waals surface area contributed by atoms with Gasteiger partial charge >= 0.3 is 0 Å². The average molecular weight is 258 g/mol. The van der Waals surface area contributed by atoms with Crippen molar-refractivity contribution in [2.24, 2.45) is 0 Å². The summed E-state index contributed by atoms with van der Waals surface area (Å²) in [5.74, 6) is 0.0661. The zero-order chi connectivity index (χ0) is 12.5. The van der Waals surface area contributed by atoms with Crippen LogP contribution in [0.25, 0.3) is 0 Å². The van der Waals surface area contributed by atoms with E-state index in [0.29, 0.717) is 18.1 Å². The molecule has 0 atom stereocenters. The molecule has 1 heterocycles. The highest BCUT2D eigenvalue weighted by Gasteiger charge is 2.27. The minimum atomic E-state index is 0.0661. The van der Waals surface area contributed by atoms with Gasteiger partial charge in [-0.15, -0.1) is 0 Å². The topological polar surface area (TPSA) is 20.3 Å². The predicted molar refractivity (Wildman–Crippen MR) is 71.5 cm³/mol. The lowest BCUT2D eigenvalue weighted by molar-refractivity contribution is 0.0766. The third-order valence-electron chi connectivity index (χ3n) is 3.17. The molecule has 0 bridgehead atoms. The Morgan fingerprint density at radius 2 is 1.89 bits per heavy atom. The fraction of sp³-hybridized carbons (Fsp3) is 0.133. The molecule has 3 rings (SSSR count). The predicted octanol–water partition coefficient (Wildman–Crippen LogP) is 3.50. The van der Waals surface area contributed by atoms with Gasteiger partial charge in [-0.2, -0.15) is 0 Å². The molecule has 1 amide bonds. The van der Waals surface area contributed by atoms with E-state index in [2.05, 4.69) is 0 Å². The zero-order valence-electron chi connectivity index (χ0n) is 9.77. The first-order chi connectivity index (χ1) is 8.74. The highest BCUT2D eigenvalue weighted by molar-refractivity contribution is 6.31. The van der Waals surface area contributed by atoms with E-state index >= 15 is 0 Å². The van der Waals surface area contributed by atoms with Gasteiger partial charge in [0.05, 0.1) is 0 Å². The van der Waals surface area contributed by atoms with Crippen molar-refractivity contribution < 1.29 is 4.79 Å². The summed E-state index contributed by atoms with van der Waals surface area (Å²) in [5.41, 5.74) is 2.93. The number of halogens is 1. The molecule has 2 aromatic rings. The number of nitrogens with zero attached hydrogens (tertiary/aromatic N) is 1. The standard InChI is InChI=1S/C15H12ClNO/c16-13-7-6-12-10-17(15(18)14(12)8-13)9-11-4-2-1-3-5-11/h1-8H,9-10H2. The van der Waals surface area contributed by atoms with E-state index in [0.717, 1.165) is 16.7 Å². The molecule has 3 heteroatoms. The summed E-state index contributed by atoms with van der Waals surface area (Å²) in [6.45, 7) is 1.31. The highest BCUT2D eigenvalue weighted by atomic mass is 35.5. The molecule has 0 radical (unpaired) electrons. The lowest BCUT2D eigenvalue weighted by Crippen LogP contribution is -2.23. The Bertz CT molecular complexity index is 595. The van der Waals surface area contributed by atoms with Gasteiger partial charge < -0.3 is 4.90 Å². The van der Waals surface area contributed by atoms with Crippen LogP contribution in [0, 0.1) is 0 Å². The summed E-state index contributed by atoms with van der Waals surface area (Å²) in [5, 5.41) is 0.615. The van der Waals surface area contributed by atoms with Gasteiger partial charge in [-0.3, -0.25) is 4.79 Å². The van der Waals surface area contributed by atoms with Crippen molar-refractivity contribution in [1.29, 1.82) is 0 Å². The zero-order valence-corrected chi connectivity index (χ0v) is 10.5. The summed E-state index contributed by atoms with van der Waals surface area (Å²) in [4.78, 5) is 14.1. The minimum Gasteiger partial charge on any atom is -0.330 e. The van der Waals surface area contributed by atoms with Gasteiger partial charge in [0.15, 0.2) is 0 Å². The van der Waals surface area contributed by atoms with Crippen LogP contribution < -0.4 is 0 Å². The van der Waals surface area contributed by atoms with E-state index in [1.807, 2.05) is 47.4 Å². The van der Waals surface area contributed by atoms with E-state index in [1.54, 1.807) is 6.07 Å². The highest BCUT2D eigenvalue weighted by Crippen LogP contribution is 2.26. The monoisotopic (exact) mass is 257 g/mol. The lowest BCUT2D eigenvalue weighted by atomic mass is 10.1. The van der Waals surface area contributed by atoms with Crippen molar-refractivity contribution in [3.8, 4) is 0 Å². The van der Waals surface area contributed by atoms with Crippen molar-refractivity contribution in [1.82, 2.24) is 4.90 Å². The van der Waals surface area contributed by atoms with Crippen LogP contribution in [0.4, 0.5) is 0 Å². The SMILES string of the molecule is O=C1c2cc(Cl)ccc2CN1Cc1ccccc1. The molecule has 0 aliphatic carbocycles. The smallest absolute Gasteiger partial charge is 0.254 e. The summed E-state index contributed by atoms with van der Waals surface area (Å²) in [7, 11) is 0. The van der Waals surface area contributed by atoms with Gasteiger partial charge in [-0.1, -0.05) is 48.0 Å². The Morgan fingerprint density at radius 3 is 2.67 bits per heavy atom. The van der Waals surface area contributed by atoms with Crippen molar-refractivity contribution in [2.45, 2.75) is 13.1 Å². The molecular weight excluding hydrogens is 246 g/mol. The second-order valence-corrected chi connectivity index (χ2v) is 4.88. The van der Waals surface area contributed by atoms with Crippen LogP contribution in [-0.2, 0) is 13.1 Å². The first-order valence-corrected chi connectivity index (χ1v) is 6.23. The molecule has 2 nitrogen and oxygen atoms in total. The maximum atomic E-state index is 12.2. The Labute approximate surface area is 111 Å². The van der Waals surface area contributed by atoms with Gasteiger partial charge in [-0.25, -0.2) is 0 Å². The van der Waals surface area contributed by atoms with Crippen LogP contribution in [0.1, 0.15) is 21.5 Å². The number of hydrogen-bond acceptors (Lipinski definition) is 1. The van der Waals surface area contributed by atoms with E-state index < -0.39 is 0 Å². The number of carbonyl (C=O) groups is 1. The maximum absolute atomic E-state index is 12.2. The quantitative estimate of drug-likeness (QED) is 0.806. The lowest BCUT2D eigenvalue weighted by Gasteiger charge is -2.15. The normalized spacial score (nSPS) is 13.8. The van der Waals surface area contributed by atoms with Crippen LogP contribution in [0.2, 0.25) is 5.02 Å². The summed E-state index contributed by atoms with van der Waals surface area (Å²) in [6.07, 6.45) is 0. The van der Waals surface area contributed by atoms with Crippen molar-refractivity contribution in [2.75, 3.05) is 0 Å². The largest absolute Gasteiger partial charge is 0.330 e. The minimum absolute atomic E-state index is 0.0661. The van der Waals surface area contributed by atoms with Crippen molar-refractivity contribution in [3.05, 3.63) is 70.2 Å². The molecule has 0 fully saturated rings. The fourth-order valence-electron chi connectivity index (χ4n) is 2.26. The van der Waals surface area contributed by atoms with Gasteiger partial charge in [0.25, 0.3) is 5.91 Å². The average Bonchev–Trinajstić information content (AvgIpc) is 2.68. The van der Waals surface area contributed by atoms with E-state index in [9.17, 15) is 4.79 Å². The summed E-state index contributed by atoms with van der Waals surface area (Å²) >= 11 is 5.93. The Kier molecular flexibility index (Phi) is 2.80. The maximum Gasteiger partial charge on any atom is 0.254 e. The number of carbonyl (C=O) groups excluding carboxylic acids is 1. The number of hydrogen-bond donors (Lipinski definition) is 0. The van der Waals surface area contributed by atoms with Crippen LogP contribution in [0.5, 0.6) is 0 Å². The van der Waals surface area contributed by atoms with E-state index in [-0.39, 0.29) is 5.91 Å². The number of fused-ring (bicyclic) bond motifs is 1. The molecule has 18 heavy (non-hydrogen) atoms. The fourth-order valence-corrected chi connectivity index (χ4v) is 2.44. The Morgan fingerprint density at radius 1 is 1.11 bits per heavy atom. The number of benzene rings is 2. The molecule has 2 aromatic carbocycles. The third-order valence-corrected chi connectivity index (χ3v) is 3.40. The Hall–Kier alpha value is -1.80. The van der Waals surface area contributed by atoms with Gasteiger partial charge in [0.1, 0.15) is 0 Å². The number of rotatable bonds is 2. The molecule has 0 saturated heterocycles. The van der Waals surface area contributed by atoms with Gasteiger partial charge in [0.2, 0.25) is 0 Å². The summed E-state index contributed by atoms with van der Waals surface area (Å²) in [6, 6.07) is 15.5. The van der Waals surface area contributed by atoms with Crippen molar-refractivity contribution >= 4 is 17.5 Å². The second-order valence-electron chi connectivity index (χ2n) is 4.45. The van der Waals surface area contributed by atoms with Crippen LogP contribution in [-0.4, -0.2) is 10.8 Å². The molecule has 0 N–H and O–H groups in total. The third kappa shape index (κ3) is 2.00. The summed E-state index contributed by atoms with van der Waals surface area (Å²) < 4.78 is 0. The molecule has 90 valence electrons. The Balaban J connectivity index is 1.85. The first kappa shape index (κ1) is 11.3. The molecule has 1 aliphatic heterocycles. The molecular formula is C15H12ClNO. The van der Waals surface area contributed by atoms with Crippen LogP contribution >= 0.6 is 11.6 Å². The first-order valence-electron chi connectivity index (χ1n) is 5.85. The number of amides is 1. The molecule has 0 saturated carbocycles. The molecule has 0 unspecified atom stereocenters. The van der Waals surface area contributed by atoms with E-state index in [4.69, 9.17) is 11.6 Å². The van der Waals surface area contributed by atoms with Gasteiger partial charge in [0, 0.05) is 23.7 Å². The molecule has 0 spiro atoms. The molecule has 0 aromatic heterocycles. The van der Waals surface area contributed by atoms with Crippen LogP contribution in [0.15, 0.2) is 48.5 Å². The van der Waals surface area contributed by atoms with Gasteiger partial charge in [-0.05, 0) is 23.3 Å². The second kappa shape index (κ2) is 4.46.